The predicted octanol–water partition coefficient (Wildman–Crippen LogP) is 4.00. The maximum atomic E-state index is 13.8. The summed E-state index contributed by atoms with van der Waals surface area (Å²) >= 11 is 0. The highest BCUT2D eigenvalue weighted by molar-refractivity contribution is 5.95. The monoisotopic (exact) mass is 348 g/mol. The second-order valence-electron chi connectivity index (χ2n) is 5.60. The summed E-state index contributed by atoms with van der Waals surface area (Å²) in [6.45, 7) is 3.31. The Labute approximate surface area is 144 Å². The average Bonchev–Trinajstić information content (AvgIpc) is 2.55. The van der Waals surface area contributed by atoms with Crippen molar-refractivity contribution in [3.05, 3.63) is 59.7 Å². The molecule has 0 saturated heterocycles. The molecule has 2 rings (SSSR count). The fourth-order valence-electron chi connectivity index (χ4n) is 2.63. The molecule has 0 aromatic heterocycles. The van der Waals surface area contributed by atoms with Gasteiger partial charge >= 0.3 is 11.9 Å². The molecule has 0 fully saturated rings. The Balaban J connectivity index is 2.28. The van der Waals surface area contributed by atoms with E-state index in [1.54, 1.807) is 38.1 Å². The van der Waals surface area contributed by atoms with Crippen LogP contribution >= 0.6 is 0 Å². The van der Waals surface area contributed by atoms with Gasteiger partial charge in [-0.15, -0.1) is 0 Å². The third-order valence-corrected chi connectivity index (χ3v) is 3.99. The van der Waals surface area contributed by atoms with Crippen molar-refractivity contribution >= 4 is 11.9 Å². The minimum Gasteiger partial charge on any atom is -0.481 e. The molecule has 0 heterocycles. The first-order valence-electron chi connectivity index (χ1n) is 7.80. The van der Waals surface area contributed by atoms with Gasteiger partial charge in [0.05, 0.1) is 6.61 Å². The molecule has 25 heavy (non-hydrogen) atoms. The van der Waals surface area contributed by atoms with E-state index in [0.29, 0.717) is 11.1 Å². The summed E-state index contributed by atoms with van der Waals surface area (Å²) in [6.07, 6.45) is 0. The second kappa shape index (κ2) is 7.88. The minimum absolute atomic E-state index is 0.0954. The highest BCUT2D eigenvalue weighted by Gasteiger charge is 2.34. The van der Waals surface area contributed by atoms with Gasteiger partial charge in [-0.05, 0) is 30.2 Å². The second-order valence-corrected chi connectivity index (χ2v) is 5.60. The maximum Gasteiger partial charge on any atom is 0.320 e. The number of carbonyl (C=O) groups is 2. The summed E-state index contributed by atoms with van der Waals surface area (Å²) in [5, 5.41) is 9.31. The van der Waals surface area contributed by atoms with Crippen molar-refractivity contribution in [2.24, 2.45) is 5.92 Å². The van der Waals surface area contributed by atoms with Crippen LogP contribution in [0.1, 0.15) is 25.3 Å². The van der Waals surface area contributed by atoms with Gasteiger partial charge in [-0.1, -0.05) is 31.2 Å². The lowest BCUT2D eigenvalue weighted by molar-refractivity contribution is -0.159. The first-order valence-corrected chi connectivity index (χ1v) is 7.80. The number of esters is 1. The Morgan fingerprint density at radius 3 is 2.28 bits per heavy atom. The third-order valence-electron chi connectivity index (χ3n) is 3.99. The fourth-order valence-corrected chi connectivity index (χ4v) is 2.63. The first kappa shape index (κ1) is 18.6. The summed E-state index contributed by atoms with van der Waals surface area (Å²) in [5.74, 6) is -5.35. The predicted molar refractivity (Wildman–Crippen MR) is 88.0 cm³/mol. The highest BCUT2D eigenvalue weighted by Crippen LogP contribution is 2.29. The van der Waals surface area contributed by atoms with Crippen LogP contribution in [-0.2, 0) is 14.3 Å². The molecule has 6 heteroatoms. The van der Waals surface area contributed by atoms with E-state index in [1.165, 1.54) is 6.07 Å². The van der Waals surface area contributed by atoms with E-state index in [9.17, 15) is 23.5 Å². The first-order chi connectivity index (χ1) is 11.8. The number of ether oxygens (including phenoxy) is 1. The Kier molecular flexibility index (Phi) is 5.85. The molecular weight excluding hydrogens is 330 g/mol. The van der Waals surface area contributed by atoms with Crippen molar-refractivity contribution in [2.45, 2.75) is 19.8 Å². The van der Waals surface area contributed by atoms with Crippen LogP contribution in [0.15, 0.2) is 42.5 Å². The van der Waals surface area contributed by atoms with Gasteiger partial charge in [0.2, 0.25) is 0 Å². The molecule has 1 N–H and O–H groups in total. The average molecular weight is 348 g/mol. The standard InChI is InChI=1S/C19H18F2O4/c1-3-25-19(24)17(18(22)23)11(2)12-4-6-13(7-5-12)15-9-8-14(20)10-16(15)21/h4-11,17H,3H2,1-2H3,(H,22,23). The molecule has 0 spiro atoms. The molecule has 0 aliphatic rings. The van der Waals surface area contributed by atoms with Gasteiger partial charge in [0, 0.05) is 17.5 Å². The van der Waals surface area contributed by atoms with Gasteiger partial charge in [0.15, 0.2) is 5.92 Å². The molecule has 2 atom stereocenters. The van der Waals surface area contributed by atoms with Crippen molar-refractivity contribution in [3.8, 4) is 11.1 Å². The molecule has 2 aromatic carbocycles. The van der Waals surface area contributed by atoms with E-state index in [4.69, 9.17) is 4.74 Å². The zero-order chi connectivity index (χ0) is 18.6. The van der Waals surface area contributed by atoms with Crippen molar-refractivity contribution < 1.29 is 28.2 Å². The number of rotatable bonds is 6. The van der Waals surface area contributed by atoms with E-state index < -0.39 is 35.4 Å². The Bertz CT molecular complexity index is 771. The lowest BCUT2D eigenvalue weighted by Crippen LogP contribution is -2.30. The number of hydrogen-bond acceptors (Lipinski definition) is 3. The third kappa shape index (κ3) is 4.21. The Morgan fingerprint density at radius 1 is 1.12 bits per heavy atom. The normalized spacial score (nSPS) is 13.1. The van der Waals surface area contributed by atoms with E-state index in [2.05, 4.69) is 0 Å². The molecule has 0 saturated carbocycles. The zero-order valence-corrected chi connectivity index (χ0v) is 13.8. The summed E-state index contributed by atoms with van der Waals surface area (Å²) in [7, 11) is 0. The van der Waals surface area contributed by atoms with Gasteiger partial charge in [0.1, 0.15) is 11.6 Å². The van der Waals surface area contributed by atoms with E-state index in [-0.39, 0.29) is 12.2 Å². The maximum absolute atomic E-state index is 13.8. The number of carboxylic acid groups (broad SMARTS) is 1. The van der Waals surface area contributed by atoms with E-state index >= 15 is 0 Å². The largest absolute Gasteiger partial charge is 0.481 e. The van der Waals surface area contributed by atoms with Gasteiger partial charge in [-0.3, -0.25) is 9.59 Å². The van der Waals surface area contributed by atoms with Crippen LogP contribution in [0.4, 0.5) is 8.78 Å². The lowest BCUT2D eigenvalue weighted by Gasteiger charge is -2.19. The van der Waals surface area contributed by atoms with E-state index in [0.717, 1.165) is 12.1 Å². The Hall–Kier alpha value is -2.76. The minimum atomic E-state index is -1.33. The molecule has 2 unspecified atom stereocenters. The van der Waals surface area contributed by atoms with Crippen LogP contribution in [0.3, 0.4) is 0 Å². The molecule has 0 radical (unpaired) electrons. The summed E-state index contributed by atoms with van der Waals surface area (Å²) in [6, 6.07) is 9.75. The van der Waals surface area contributed by atoms with Gasteiger partial charge in [-0.25, -0.2) is 8.78 Å². The Morgan fingerprint density at radius 2 is 1.76 bits per heavy atom. The van der Waals surface area contributed by atoms with Crippen LogP contribution in [0.25, 0.3) is 11.1 Å². The number of hydrogen-bond donors (Lipinski definition) is 1. The SMILES string of the molecule is CCOC(=O)C(C(=O)O)C(C)c1ccc(-c2ccc(F)cc2F)cc1. The van der Waals surface area contributed by atoms with Crippen LogP contribution in [0, 0.1) is 17.6 Å². The van der Waals surface area contributed by atoms with Crippen LogP contribution < -0.4 is 0 Å². The highest BCUT2D eigenvalue weighted by atomic mass is 19.1. The quantitative estimate of drug-likeness (QED) is 0.633. The number of benzene rings is 2. The van der Waals surface area contributed by atoms with Crippen molar-refractivity contribution in [3.63, 3.8) is 0 Å². The van der Waals surface area contributed by atoms with Crippen LogP contribution in [-0.4, -0.2) is 23.7 Å². The summed E-state index contributed by atoms with van der Waals surface area (Å²) in [5.41, 5.74) is 1.36. The van der Waals surface area contributed by atoms with Gasteiger partial charge < -0.3 is 9.84 Å². The molecule has 2 aromatic rings. The van der Waals surface area contributed by atoms with Crippen LogP contribution in [0.5, 0.6) is 0 Å². The number of carbonyl (C=O) groups excluding carboxylic acids is 1. The van der Waals surface area contributed by atoms with Crippen LogP contribution in [0.2, 0.25) is 0 Å². The topological polar surface area (TPSA) is 63.6 Å². The van der Waals surface area contributed by atoms with Gasteiger partial charge in [-0.2, -0.15) is 0 Å². The van der Waals surface area contributed by atoms with Crippen molar-refractivity contribution in [1.29, 1.82) is 0 Å². The summed E-state index contributed by atoms with van der Waals surface area (Å²) < 4.78 is 31.7. The van der Waals surface area contributed by atoms with Crippen molar-refractivity contribution in [1.82, 2.24) is 0 Å². The lowest BCUT2D eigenvalue weighted by atomic mass is 9.87. The fraction of sp³-hybridized carbons (Fsp3) is 0.263. The molecule has 0 aliphatic carbocycles. The molecule has 132 valence electrons. The number of aliphatic carboxylic acids is 1. The molecule has 0 bridgehead atoms. The van der Waals surface area contributed by atoms with E-state index in [1.807, 2.05) is 0 Å². The zero-order valence-electron chi connectivity index (χ0n) is 13.8. The molecule has 4 nitrogen and oxygen atoms in total. The smallest absolute Gasteiger partial charge is 0.320 e. The summed E-state index contributed by atoms with van der Waals surface area (Å²) in [4.78, 5) is 23.3. The van der Waals surface area contributed by atoms with Gasteiger partial charge in [0.25, 0.3) is 0 Å². The molecule has 0 aliphatic heterocycles. The molecule has 0 amide bonds. The molecular formula is C19H18F2O4. The number of carboxylic acids is 1. The number of halogens is 2. The van der Waals surface area contributed by atoms with Crippen molar-refractivity contribution in [2.75, 3.05) is 6.61 Å².